The van der Waals surface area contributed by atoms with Gasteiger partial charge in [0, 0.05) is 24.5 Å². The fraction of sp³-hybridized carbons (Fsp3) is 0.588. The number of carbonyl (C=O) groups is 1. The predicted octanol–water partition coefficient (Wildman–Crippen LogP) is 2.91. The monoisotopic (exact) mass is 289 g/mol. The van der Waals surface area contributed by atoms with Crippen molar-refractivity contribution in [1.82, 2.24) is 0 Å². The number of anilines is 2. The van der Waals surface area contributed by atoms with Crippen LogP contribution in [0.1, 0.15) is 38.7 Å². The molecular formula is C17H27N3O. The maximum atomic E-state index is 12.1. The zero-order chi connectivity index (χ0) is 15.4. The highest BCUT2D eigenvalue weighted by molar-refractivity contribution is 5.95. The van der Waals surface area contributed by atoms with E-state index in [1.165, 1.54) is 18.5 Å². The van der Waals surface area contributed by atoms with Crippen LogP contribution in [-0.4, -0.2) is 25.0 Å². The second-order valence-corrected chi connectivity index (χ2v) is 6.42. The highest BCUT2D eigenvalue weighted by atomic mass is 16.2. The van der Waals surface area contributed by atoms with Gasteiger partial charge in [-0.2, -0.15) is 0 Å². The fourth-order valence-electron chi connectivity index (χ4n) is 2.80. The van der Waals surface area contributed by atoms with Gasteiger partial charge in [0.25, 0.3) is 0 Å². The van der Waals surface area contributed by atoms with Crippen LogP contribution in [0.3, 0.4) is 0 Å². The summed E-state index contributed by atoms with van der Waals surface area (Å²) >= 11 is 0. The van der Waals surface area contributed by atoms with Crippen LogP contribution >= 0.6 is 0 Å². The molecule has 2 rings (SSSR count). The van der Waals surface area contributed by atoms with E-state index in [-0.39, 0.29) is 5.91 Å². The average molecular weight is 289 g/mol. The summed E-state index contributed by atoms with van der Waals surface area (Å²) in [6.45, 7) is 8.43. The molecule has 0 aromatic heterocycles. The summed E-state index contributed by atoms with van der Waals surface area (Å²) in [4.78, 5) is 14.5. The molecule has 0 saturated carbocycles. The van der Waals surface area contributed by atoms with E-state index in [1.807, 2.05) is 13.0 Å². The maximum Gasteiger partial charge on any atom is 0.241 e. The molecule has 1 aromatic carbocycles. The third-order valence-corrected chi connectivity index (χ3v) is 4.00. The van der Waals surface area contributed by atoms with Crippen molar-refractivity contribution in [3.8, 4) is 0 Å². The Bertz CT molecular complexity index is 493. The summed E-state index contributed by atoms with van der Waals surface area (Å²) in [6.07, 6.45) is 3.24. The van der Waals surface area contributed by atoms with Crippen molar-refractivity contribution in [3.05, 3.63) is 23.8 Å². The number of hydrogen-bond acceptors (Lipinski definition) is 3. The minimum Gasteiger partial charge on any atom is -0.372 e. The Morgan fingerprint density at radius 3 is 2.57 bits per heavy atom. The van der Waals surface area contributed by atoms with Crippen molar-refractivity contribution in [2.75, 3.05) is 23.3 Å². The first kappa shape index (κ1) is 15.8. The Labute approximate surface area is 127 Å². The number of benzene rings is 1. The van der Waals surface area contributed by atoms with Gasteiger partial charge in [0.05, 0.1) is 6.04 Å². The van der Waals surface area contributed by atoms with Crippen LogP contribution < -0.4 is 16.0 Å². The summed E-state index contributed by atoms with van der Waals surface area (Å²) in [5.74, 6) is 0.324. The maximum absolute atomic E-state index is 12.1. The molecule has 1 saturated heterocycles. The zero-order valence-corrected chi connectivity index (χ0v) is 13.4. The highest BCUT2D eigenvalue weighted by Crippen LogP contribution is 2.25. The number of amides is 1. The molecule has 21 heavy (non-hydrogen) atoms. The Morgan fingerprint density at radius 2 is 2.00 bits per heavy atom. The lowest BCUT2D eigenvalue weighted by atomic mass is 10.0. The van der Waals surface area contributed by atoms with E-state index in [2.05, 4.69) is 36.2 Å². The Morgan fingerprint density at radius 1 is 1.33 bits per heavy atom. The second kappa shape index (κ2) is 6.94. The SMILES string of the molecule is Cc1cc(N2CCCC2)ccc1NC(=O)[C@@H](N)CC(C)C. The summed E-state index contributed by atoms with van der Waals surface area (Å²) < 4.78 is 0. The average Bonchev–Trinajstić information content (AvgIpc) is 2.94. The van der Waals surface area contributed by atoms with Gasteiger partial charge in [-0.15, -0.1) is 0 Å². The lowest BCUT2D eigenvalue weighted by Crippen LogP contribution is -2.36. The summed E-state index contributed by atoms with van der Waals surface area (Å²) in [5.41, 5.74) is 9.12. The molecule has 1 fully saturated rings. The van der Waals surface area contributed by atoms with Gasteiger partial charge >= 0.3 is 0 Å². The van der Waals surface area contributed by atoms with Crippen LogP contribution in [-0.2, 0) is 4.79 Å². The topological polar surface area (TPSA) is 58.4 Å². The standard InChI is InChI=1S/C17H27N3O/c1-12(2)10-15(18)17(21)19-16-7-6-14(11-13(16)3)20-8-4-5-9-20/h6-7,11-12,15H,4-5,8-10,18H2,1-3H3,(H,19,21)/t15-/m0/s1. The molecule has 0 bridgehead atoms. The number of nitrogens with zero attached hydrogens (tertiary/aromatic N) is 1. The van der Waals surface area contributed by atoms with E-state index in [0.717, 1.165) is 24.3 Å². The van der Waals surface area contributed by atoms with E-state index < -0.39 is 6.04 Å². The summed E-state index contributed by atoms with van der Waals surface area (Å²) in [7, 11) is 0. The van der Waals surface area contributed by atoms with E-state index in [0.29, 0.717) is 12.3 Å². The highest BCUT2D eigenvalue weighted by Gasteiger charge is 2.17. The fourth-order valence-corrected chi connectivity index (χ4v) is 2.80. The zero-order valence-electron chi connectivity index (χ0n) is 13.4. The van der Waals surface area contributed by atoms with Crippen LogP contribution in [0.2, 0.25) is 0 Å². The van der Waals surface area contributed by atoms with Crippen molar-refractivity contribution in [2.24, 2.45) is 11.7 Å². The van der Waals surface area contributed by atoms with Gasteiger partial charge < -0.3 is 16.0 Å². The molecule has 4 nitrogen and oxygen atoms in total. The molecule has 0 aliphatic carbocycles. The molecule has 1 amide bonds. The largest absolute Gasteiger partial charge is 0.372 e. The van der Waals surface area contributed by atoms with Crippen LogP contribution in [0.15, 0.2) is 18.2 Å². The van der Waals surface area contributed by atoms with Gasteiger partial charge in [0.15, 0.2) is 0 Å². The summed E-state index contributed by atoms with van der Waals surface area (Å²) in [5, 5.41) is 2.95. The van der Waals surface area contributed by atoms with Crippen molar-refractivity contribution >= 4 is 17.3 Å². The molecule has 1 aromatic rings. The van der Waals surface area contributed by atoms with E-state index >= 15 is 0 Å². The van der Waals surface area contributed by atoms with Crippen LogP contribution in [0.4, 0.5) is 11.4 Å². The molecule has 4 heteroatoms. The minimum absolute atomic E-state index is 0.0966. The normalized spacial score (nSPS) is 16.3. The number of rotatable bonds is 5. The van der Waals surface area contributed by atoms with Crippen LogP contribution in [0.5, 0.6) is 0 Å². The van der Waals surface area contributed by atoms with E-state index in [1.54, 1.807) is 0 Å². The van der Waals surface area contributed by atoms with E-state index in [4.69, 9.17) is 5.73 Å². The van der Waals surface area contributed by atoms with Gasteiger partial charge in [0.2, 0.25) is 5.91 Å². The number of hydrogen-bond donors (Lipinski definition) is 2. The van der Waals surface area contributed by atoms with Crippen molar-refractivity contribution in [2.45, 2.75) is 46.1 Å². The molecule has 1 aliphatic rings. The molecule has 0 unspecified atom stereocenters. The first-order chi connectivity index (χ1) is 9.97. The molecule has 1 heterocycles. The Kier molecular flexibility index (Phi) is 5.23. The molecule has 1 aliphatic heterocycles. The lowest BCUT2D eigenvalue weighted by Gasteiger charge is -2.20. The Hall–Kier alpha value is -1.55. The van der Waals surface area contributed by atoms with Gasteiger partial charge in [-0.3, -0.25) is 4.79 Å². The first-order valence-corrected chi connectivity index (χ1v) is 7.89. The molecule has 3 N–H and O–H groups in total. The minimum atomic E-state index is -0.442. The third kappa shape index (κ3) is 4.21. The van der Waals surface area contributed by atoms with Crippen LogP contribution in [0, 0.1) is 12.8 Å². The molecular weight excluding hydrogens is 262 g/mol. The van der Waals surface area contributed by atoms with Gasteiger partial charge in [-0.1, -0.05) is 13.8 Å². The van der Waals surface area contributed by atoms with Crippen LogP contribution in [0.25, 0.3) is 0 Å². The quantitative estimate of drug-likeness (QED) is 0.876. The second-order valence-electron chi connectivity index (χ2n) is 6.42. The molecule has 1 atom stereocenters. The van der Waals surface area contributed by atoms with Crippen molar-refractivity contribution in [1.29, 1.82) is 0 Å². The van der Waals surface area contributed by atoms with Crippen molar-refractivity contribution < 1.29 is 4.79 Å². The summed E-state index contributed by atoms with van der Waals surface area (Å²) in [6, 6.07) is 5.78. The number of carbonyl (C=O) groups excluding carboxylic acids is 1. The molecule has 0 spiro atoms. The molecule has 0 radical (unpaired) electrons. The first-order valence-electron chi connectivity index (χ1n) is 7.89. The smallest absolute Gasteiger partial charge is 0.241 e. The van der Waals surface area contributed by atoms with Crippen molar-refractivity contribution in [3.63, 3.8) is 0 Å². The Balaban J connectivity index is 2.02. The third-order valence-electron chi connectivity index (χ3n) is 4.00. The van der Waals surface area contributed by atoms with E-state index in [9.17, 15) is 4.79 Å². The number of nitrogens with one attached hydrogen (secondary N) is 1. The lowest BCUT2D eigenvalue weighted by molar-refractivity contribution is -0.117. The predicted molar refractivity (Wildman–Crippen MR) is 88.7 cm³/mol. The van der Waals surface area contributed by atoms with Gasteiger partial charge in [0.1, 0.15) is 0 Å². The molecule has 116 valence electrons. The number of aryl methyl sites for hydroxylation is 1. The number of nitrogens with two attached hydrogens (primary N) is 1. The van der Waals surface area contributed by atoms with Gasteiger partial charge in [-0.25, -0.2) is 0 Å². The van der Waals surface area contributed by atoms with Gasteiger partial charge in [-0.05, 0) is 55.9 Å².